The van der Waals surface area contributed by atoms with E-state index in [4.69, 9.17) is 0 Å². The number of amides is 1. The van der Waals surface area contributed by atoms with E-state index >= 15 is 0 Å². The van der Waals surface area contributed by atoms with Crippen LogP contribution >= 0.6 is 0 Å². The molecule has 1 amide bonds. The summed E-state index contributed by atoms with van der Waals surface area (Å²) >= 11 is 0. The van der Waals surface area contributed by atoms with Gasteiger partial charge >= 0.3 is 0 Å². The molecule has 0 radical (unpaired) electrons. The maximum Gasteiger partial charge on any atom is 0.254 e. The van der Waals surface area contributed by atoms with Gasteiger partial charge in [-0.3, -0.25) is 9.89 Å². The minimum absolute atomic E-state index is 0.144. The number of carbonyl (C=O) groups is 1. The van der Waals surface area contributed by atoms with E-state index in [9.17, 15) is 4.79 Å². The average Bonchev–Trinajstić information content (AvgIpc) is 2.85. The Labute approximate surface area is 106 Å². The highest BCUT2D eigenvalue weighted by Crippen LogP contribution is 2.21. The van der Waals surface area contributed by atoms with Gasteiger partial charge in [0.05, 0.1) is 11.7 Å². The SMILES string of the molecule is CC1CCCCN1C(=O)c1ccc2[nH]ncc2c1. The summed E-state index contributed by atoms with van der Waals surface area (Å²) in [6, 6.07) is 6.07. The lowest BCUT2D eigenvalue weighted by Crippen LogP contribution is -2.41. The van der Waals surface area contributed by atoms with Crippen LogP contribution in [-0.4, -0.2) is 33.6 Å². The number of hydrogen-bond donors (Lipinski definition) is 1. The van der Waals surface area contributed by atoms with Gasteiger partial charge in [0.2, 0.25) is 0 Å². The Kier molecular flexibility index (Phi) is 2.78. The van der Waals surface area contributed by atoms with Crippen LogP contribution in [0.2, 0.25) is 0 Å². The van der Waals surface area contributed by atoms with Gasteiger partial charge in [-0.05, 0) is 44.4 Å². The van der Waals surface area contributed by atoms with Crippen molar-refractivity contribution in [2.45, 2.75) is 32.2 Å². The lowest BCUT2D eigenvalue weighted by Gasteiger charge is -2.33. The first kappa shape index (κ1) is 11.3. The third-order valence-corrected chi connectivity index (χ3v) is 3.75. The molecule has 2 aromatic rings. The number of aromatic nitrogens is 2. The molecule has 1 aromatic heterocycles. The maximum atomic E-state index is 12.5. The van der Waals surface area contributed by atoms with Gasteiger partial charge in [0, 0.05) is 23.5 Å². The van der Waals surface area contributed by atoms with E-state index in [0.717, 1.165) is 35.9 Å². The first-order valence-electron chi connectivity index (χ1n) is 6.50. The molecule has 3 rings (SSSR count). The summed E-state index contributed by atoms with van der Waals surface area (Å²) in [4.78, 5) is 14.5. The number of benzene rings is 1. The second kappa shape index (κ2) is 4.44. The summed E-state index contributed by atoms with van der Waals surface area (Å²) in [7, 11) is 0. The van der Waals surface area contributed by atoms with Gasteiger partial charge in [-0.25, -0.2) is 0 Å². The van der Waals surface area contributed by atoms with E-state index in [1.807, 2.05) is 23.1 Å². The number of nitrogens with zero attached hydrogens (tertiary/aromatic N) is 2. The predicted octanol–water partition coefficient (Wildman–Crippen LogP) is 2.58. The zero-order valence-corrected chi connectivity index (χ0v) is 10.5. The zero-order chi connectivity index (χ0) is 12.5. The molecular formula is C14H17N3O. The van der Waals surface area contributed by atoms with Crippen LogP contribution in [0.25, 0.3) is 10.9 Å². The summed E-state index contributed by atoms with van der Waals surface area (Å²) in [6.07, 6.45) is 5.21. The third-order valence-electron chi connectivity index (χ3n) is 3.75. The fourth-order valence-electron chi connectivity index (χ4n) is 2.64. The van der Waals surface area contributed by atoms with Gasteiger partial charge in [-0.1, -0.05) is 0 Å². The van der Waals surface area contributed by atoms with Crippen LogP contribution in [0.4, 0.5) is 0 Å². The van der Waals surface area contributed by atoms with Crippen molar-refractivity contribution in [2.75, 3.05) is 6.54 Å². The van der Waals surface area contributed by atoms with E-state index in [1.165, 1.54) is 6.42 Å². The summed E-state index contributed by atoms with van der Waals surface area (Å²) in [5.74, 6) is 0.144. The highest BCUT2D eigenvalue weighted by atomic mass is 16.2. The Morgan fingerprint density at radius 2 is 2.33 bits per heavy atom. The maximum absolute atomic E-state index is 12.5. The van der Waals surface area contributed by atoms with Crippen molar-refractivity contribution in [3.8, 4) is 0 Å². The highest BCUT2D eigenvalue weighted by Gasteiger charge is 2.24. The summed E-state index contributed by atoms with van der Waals surface area (Å²) in [5.41, 5.74) is 1.73. The van der Waals surface area contributed by atoms with Crippen LogP contribution in [0.1, 0.15) is 36.5 Å². The molecule has 4 heteroatoms. The number of carbonyl (C=O) groups excluding carboxylic acids is 1. The number of rotatable bonds is 1. The molecule has 4 nitrogen and oxygen atoms in total. The van der Waals surface area contributed by atoms with Crippen LogP contribution in [0.15, 0.2) is 24.4 Å². The molecule has 94 valence electrons. The molecule has 18 heavy (non-hydrogen) atoms. The van der Waals surface area contributed by atoms with Gasteiger partial charge in [0.25, 0.3) is 5.91 Å². The number of nitrogens with one attached hydrogen (secondary N) is 1. The molecule has 0 saturated carbocycles. The molecule has 1 fully saturated rings. The van der Waals surface area contributed by atoms with Crippen molar-refractivity contribution >= 4 is 16.8 Å². The molecule has 1 aliphatic rings. The molecule has 0 spiro atoms. The second-order valence-electron chi connectivity index (χ2n) is 5.02. The number of likely N-dealkylation sites (tertiary alicyclic amines) is 1. The average molecular weight is 243 g/mol. The Hall–Kier alpha value is -1.84. The lowest BCUT2D eigenvalue weighted by molar-refractivity contribution is 0.0636. The summed E-state index contributed by atoms with van der Waals surface area (Å²) < 4.78 is 0. The van der Waals surface area contributed by atoms with Crippen LogP contribution in [0.3, 0.4) is 0 Å². The molecule has 1 N–H and O–H groups in total. The van der Waals surface area contributed by atoms with Crippen molar-refractivity contribution in [3.63, 3.8) is 0 Å². The molecule has 1 saturated heterocycles. The normalized spacial score (nSPS) is 20.3. The van der Waals surface area contributed by atoms with Crippen molar-refractivity contribution in [1.29, 1.82) is 0 Å². The largest absolute Gasteiger partial charge is 0.336 e. The Bertz CT molecular complexity index is 575. The number of fused-ring (bicyclic) bond motifs is 1. The fourth-order valence-corrected chi connectivity index (χ4v) is 2.64. The molecule has 0 bridgehead atoms. The minimum Gasteiger partial charge on any atom is -0.336 e. The number of hydrogen-bond acceptors (Lipinski definition) is 2. The second-order valence-corrected chi connectivity index (χ2v) is 5.02. The smallest absolute Gasteiger partial charge is 0.254 e. The van der Waals surface area contributed by atoms with Gasteiger partial charge in [0.1, 0.15) is 0 Å². The van der Waals surface area contributed by atoms with E-state index in [-0.39, 0.29) is 5.91 Å². The van der Waals surface area contributed by atoms with E-state index in [1.54, 1.807) is 6.20 Å². The van der Waals surface area contributed by atoms with E-state index < -0.39 is 0 Å². The van der Waals surface area contributed by atoms with Gasteiger partial charge in [-0.15, -0.1) is 0 Å². The molecule has 0 aliphatic carbocycles. The first-order valence-corrected chi connectivity index (χ1v) is 6.50. The number of aromatic amines is 1. The van der Waals surface area contributed by atoms with Crippen LogP contribution in [0.5, 0.6) is 0 Å². The molecule has 1 unspecified atom stereocenters. The first-order chi connectivity index (χ1) is 8.75. The van der Waals surface area contributed by atoms with Crippen LogP contribution in [-0.2, 0) is 0 Å². The standard InChI is InChI=1S/C14H17N3O/c1-10-4-2-3-7-17(10)14(18)11-5-6-13-12(8-11)9-15-16-13/h5-6,8-10H,2-4,7H2,1H3,(H,15,16). The highest BCUT2D eigenvalue weighted by molar-refractivity contribution is 5.98. The summed E-state index contributed by atoms with van der Waals surface area (Å²) in [6.45, 7) is 3.01. The molecule has 1 atom stereocenters. The topological polar surface area (TPSA) is 49.0 Å². The third kappa shape index (κ3) is 1.88. The van der Waals surface area contributed by atoms with Crippen LogP contribution in [0, 0.1) is 0 Å². The fraction of sp³-hybridized carbons (Fsp3) is 0.429. The number of H-pyrrole nitrogens is 1. The Morgan fingerprint density at radius 3 is 3.17 bits per heavy atom. The quantitative estimate of drug-likeness (QED) is 0.836. The molecule has 1 aliphatic heterocycles. The lowest BCUT2D eigenvalue weighted by atomic mass is 10.0. The Morgan fingerprint density at radius 1 is 1.44 bits per heavy atom. The van der Waals surface area contributed by atoms with Crippen molar-refractivity contribution < 1.29 is 4.79 Å². The van der Waals surface area contributed by atoms with E-state index in [2.05, 4.69) is 17.1 Å². The molecular weight excluding hydrogens is 226 g/mol. The monoisotopic (exact) mass is 243 g/mol. The Balaban J connectivity index is 1.90. The van der Waals surface area contributed by atoms with Crippen molar-refractivity contribution in [3.05, 3.63) is 30.0 Å². The van der Waals surface area contributed by atoms with Crippen molar-refractivity contribution in [1.82, 2.24) is 15.1 Å². The minimum atomic E-state index is 0.144. The number of piperidine rings is 1. The molecule has 2 heterocycles. The van der Waals surface area contributed by atoms with Crippen molar-refractivity contribution in [2.24, 2.45) is 0 Å². The molecule has 1 aromatic carbocycles. The predicted molar refractivity (Wildman–Crippen MR) is 70.4 cm³/mol. The van der Waals surface area contributed by atoms with E-state index in [0.29, 0.717) is 6.04 Å². The van der Waals surface area contributed by atoms with Gasteiger partial charge in [0.15, 0.2) is 0 Å². The summed E-state index contributed by atoms with van der Waals surface area (Å²) in [5, 5.41) is 7.87. The van der Waals surface area contributed by atoms with Gasteiger partial charge < -0.3 is 4.90 Å². The van der Waals surface area contributed by atoms with Gasteiger partial charge in [-0.2, -0.15) is 5.10 Å². The zero-order valence-electron chi connectivity index (χ0n) is 10.5. The van der Waals surface area contributed by atoms with Crippen LogP contribution < -0.4 is 0 Å².